The first-order chi connectivity index (χ1) is 9.17. The zero-order valence-electron chi connectivity index (χ0n) is 12.0. The molecule has 0 spiro atoms. The standard InChI is InChI=1S/C16H24N2O/c1-16(8-4-10-18(16)2)12-19-14-7-6-13-5-3-9-17-15(13)11-14/h6-7,11,17H,3-5,8-10,12H2,1-2H3. The molecule has 2 heterocycles. The fourth-order valence-electron chi connectivity index (χ4n) is 3.11. The number of fused-ring (bicyclic) bond motifs is 1. The lowest BCUT2D eigenvalue weighted by Crippen LogP contribution is -2.43. The highest BCUT2D eigenvalue weighted by Gasteiger charge is 2.34. The highest BCUT2D eigenvalue weighted by atomic mass is 16.5. The van der Waals surface area contributed by atoms with Crippen LogP contribution in [0.25, 0.3) is 0 Å². The van der Waals surface area contributed by atoms with Crippen molar-refractivity contribution in [2.24, 2.45) is 0 Å². The predicted molar refractivity (Wildman–Crippen MR) is 79.0 cm³/mol. The van der Waals surface area contributed by atoms with Gasteiger partial charge in [0.25, 0.3) is 0 Å². The van der Waals surface area contributed by atoms with Crippen LogP contribution < -0.4 is 10.1 Å². The Kier molecular flexibility index (Phi) is 3.40. The predicted octanol–water partition coefficient (Wildman–Crippen LogP) is 2.91. The van der Waals surface area contributed by atoms with E-state index in [2.05, 4.69) is 42.4 Å². The lowest BCUT2D eigenvalue weighted by atomic mass is 10.0. The molecule has 1 aromatic rings. The van der Waals surface area contributed by atoms with Gasteiger partial charge in [0.15, 0.2) is 0 Å². The molecule has 19 heavy (non-hydrogen) atoms. The van der Waals surface area contributed by atoms with Gasteiger partial charge < -0.3 is 10.1 Å². The molecule has 1 atom stereocenters. The number of benzene rings is 1. The van der Waals surface area contributed by atoms with Crippen molar-refractivity contribution in [2.45, 2.75) is 38.1 Å². The highest BCUT2D eigenvalue weighted by molar-refractivity contribution is 5.56. The van der Waals surface area contributed by atoms with E-state index < -0.39 is 0 Å². The number of ether oxygens (including phenoxy) is 1. The van der Waals surface area contributed by atoms with E-state index in [4.69, 9.17) is 4.74 Å². The van der Waals surface area contributed by atoms with Crippen LogP contribution in [0.3, 0.4) is 0 Å². The summed E-state index contributed by atoms with van der Waals surface area (Å²) in [6, 6.07) is 6.48. The molecule has 0 aliphatic carbocycles. The summed E-state index contributed by atoms with van der Waals surface area (Å²) in [5, 5.41) is 3.46. The maximum absolute atomic E-state index is 6.05. The van der Waals surface area contributed by atoms with Gasteiger partial charge in [-0.2, -0.15) is 0 Å². The van der Waals surface area contributed by atoms with Crippen LogP contribution in [0.5, 0.6) is 5.75 Å². The van der Waals surface area contributed by atoms with Crippen molar-refractivity contribution in [3.63, 3.8) is 0 Å². The van der Waals surface area contributed by atoms with Gasteiger partial charge in [-0.25, -0.2) is 0 Å². The van der Waals surface area contributed by atoms with E-state index in [9.17, 15) is 0 Å². The van der Waals surface area contributed by atoms with Crippen LogP contribution in [0.15, 0.2) is 18.2 Å². The average Bonchev–Trinajstić information content (AvgIpc) is 2.77. The molecule has 1 N–H and O–H groups in total. The van der Waals surface area contributed by atoms with E-state index in [1.165, 1.54) is 43.5 Å². The summed E-state index contributed by atoms with van der Waals surface area (Å²) in [4.78, 5) is 2.42. The minimum absolute atomic E-state index is 0.198. The molecule has 0 saturated carbocycles. The lowest BCUT2D eigenvalue weighted by Gasteiger charge is -2.32. The smallest absolute Gasteiger partial charge is 0.121 e. The van der Waals surface area contributed by atoms with Crippen molar-refractivity contribution in [1.82, 2.24) is 4.90 Å². The summed E-state index contributed by atoms with van der Waals surface area (Å²) in [7, 11) is 2.20. The van der Waals surface area contributed by atoms with Crippen molar-refractivity contribution in [2.75, 3.05) is 32.1 Å². The zero-order chi connectivity index (χ0) is 13.3. The minimum atomic E-state index is 0.198. The molecule has 3 heteroatoms. The molecular formula is C16H24N2O. The molecule has 1 unspecified atom stereocenters. The van der Waals surface area contributed by atoms with E-state index in [0.29, 0.717) is 0 Å². The van der Waals surface area contributed by atoms with E-state index in [0.717, 1.165) is 18.9 Å². The van der Waals surface area contributed by atoms with E-state index in [-0.39, 0.29) is 5.54 Å². The number of rotatable bonds is 3. The lowest BCUT2D eigenvalue weighted by molar-refractivity contribution is 0.114. The fourth-order valence-corrected chi connectivity index (χ4v) is 3.11. The largest absolute Gasteiger partial charge is 0.492 e. The first-order valence-corrected chi connectivity index (χ1v) is 7.38. The van der Waals surface area contributed by atoms with Gasteiger partial charge in [-0.15, -0.1) is 0 Å². The van der Waals surface area contributed by atoms with Gasteiger partial charge >= 0.3 is 0 Å². The number of likely N-dealkylation sites (N-methyl/N-ethyl adjacent to an activating group) is 1. The number of nitrogens with zero attached hydrogens (tertiary/aromatic N) is 1. The summed E-state index contributed by atoms with van der Waals surface area (Å²) in [5.74, 6) is 0.995. The second kappa shape index (κ2) is 5.04. The quantitative estimate of drug-likeness (QED) is 0.904. The van der Waals surface area contributed by atoms with E-state index >= 15 is 0 Å². The molecule has 3 rings (SSSR count). The molecule has 104 valence electrons. The van der Waals surface area contributed by atoms with Crippen molar-refractivity contribution in [3.05, 3.63) is 23.8 Å². The highest BCUT2D eigenvalue weighted by Crippen LogP contribution is 2.30. The Hall–Kier alpha value is -1.22. The number of hydrogen-bond donors (Lipinski definition) is 1. The first kappa shape index (κ1) is 12.8. The number of anilines is 1. The van der Waals surface area contributed by atoms with Gasteiger partial charge in [0, 0.05) is 18.3 Å². The van der Waals surface area contributed by atoms with Crippen LogP contribution >= 0.6 is 0 Å². The molecule has 0 radical (unpaired) electrons. The van der Waals surface area contributed by atoms with Crippen molar-refractivity contribution < 1.29 is 4.74 Å². The van der Waals surface area contributed by atoms with Crippen LogP contribution in [0.2, 0.25) is 0 Å². The Morgan fingerprint density at radius 1 is 1.37 bits per heavy atom. The van der Waals surface area contributed by atoms with Gasteiger partial charge in [-0.3, -0.25) is 4.90 Å². The van der Waals surface area contributed by atoms with Crippen molar-refractivity contribution in [3.8, 4) is 5.75 Å². The van der Waals surface area contributed by atoms with Crippen LogP contribution in [0.1, 0.15) is 31.7 Å². The van der Waals surface area contributed by atoms with Gasteiger partial charge in [0.2, 0.25) is 0 Å². The Labute approximate surface area is 115 Å². The van der Waals surface area contributed by atoms with Crippen LogP contribution in [0.4, 0.5) is 5.69 Å². The summed E-state index contributed by atoms with van der Waals surface area (Å²) in [5.41, 5.74) is 2.88. The van der Waals surface area contributed by atoms with Crippen molar-refractivity contribution in [1.29, 1.82) is 0 Å². The molecule has 3 nitrogen and oxygen atoms in total. The number of nitrogens with one attached hydrogen (secondary N) is 1. The van der Waals surface area contributed by atoms with Crippen LogP contribution in [0, 0.1) is 0 Å². The molecule has 0 bridgehead atoms. The molecule has 0 aromatic heterocycles. The summed E-state index contributed by atoms with van der Waals surface area (Å²) in [6.07, 6.45) is 4.92. The zero-order valence-corrected chi connectivity index (χ0v) is 12.0. The third-order valence-electron chi connectivity index (χ3n) is 4.70. The van der Waals surface area contributed by atoms with Crippen LogP contribution in [-0.2, 0) is 6.42 Å². The monoisotopic (exact) mass is 260 g/mol. The summed E-state index contributed by atoms with van der Waals surface area (Å²) in [6.45, 7) is 5.35. The van der Waals surface area contributed by atoms with Gasteiger partial charge in [0.05, 0.1) is 5.54 Å². The normalized spacial score (nSPS) is 26.8. The molecule has 0 amide bonds. The molecule has 2 aliphatic heterocycles. The third-order valence-corrected chi connectivity index (χ3v) is 4.70. The molecule has 1 saturated heterocycles. The van der Waals surface area contributed by atoms with Crippen molar-refractivity contribution >= 4 is 5.69 Å². The molecule has 2 aliphatic rings. The number of hydrogen-bond acceptors (Lipinski definition) is 3. The average molecular weight is 260 g/mol. The maximum atomic E-state index is 6.05. The SMILES string of the molecule is CN1CCCC1(C)COc1ccc2c(c1)NCCC2. The Morgan fingerprint density at radius 2 is 2.26 bits per heavy atom. The number of likely N-dealkylation sites (tertiary alicyclic amines) is 1. The Balaban J connectivity index is 1.67. The summed E-state index contributed by atoms with van der Waals surface area (Å²) < 4.78 is 6.05. The van der Waals surface area contributed by atoms with Crippen LogP contribution in [-0.4, -0.2) is 37.2 Å². The minimum Gasteiger partial charge on any atom is -0.492 e. The second-order valence-corrected chi connectivity index (χ2v) is 6.16. The van der Waals surface area contributed by atoms with Gasteiger partial charge in [-0.05, 0) is 57.8 Å². The number of aryl methyl sites for hydroxylation is 1. The first-order valence-electron chi connectivity index (χ1n) is 7.38. The van der Waals surface area contributed by atoms with Gasteiger partial charge in [0.1, 0.15) is 12.4 Å². The Bertz CT molecular complexity index is 460. The fraction of sp³-hybridized carbons (Fsp3) is 0.625. The maximum Gasteiger partial charge on any atom is 0.121 e. The Morgan fingerprint density at radius 3 is 3.05 bits per heavy atom. The van der Waals surface area contributed by atoms with E-state index in [1.54, 1.807) is 0 Å². The topological polar surface area (TPSA) is 24.5 Å². The van der Waals surface area contributed by atoms with E-state index in [1.807, 2.05) is 0 Å². The molecule has 1 fully saturated rings. The molecular weight excluding hydrogens is 236 g/mol. The second-order valence-electron chi connectivity index (χ2n) is 6.16. The molecule has 1 aromatic carbocycles. The van der Waals surface area contributed by atoms with Gasteiger partial charge in [-0.1, -0.05) is 6.07 Å². The summed E-state index contributed by atoms with van der Waals surface area (Å²) >= 11 is 0. The third kappa shape index (κ3) is 2.57.